The first kappa shape index (κ1) is 13.5. The van der Waals surface area contributed by atoms with Crippen molar-refractivity contribution in [3.8, 4) is 0 Å². The number of aryl methyl sites for hydroxylation is 2. The summed E-state index contributed by atoms with van der Waals surface area (Å²) in [5.74, 6) is 0. The van der Waals surface area contributed by atoms with Crippen molar-refractivity contribution >= 4 is 0 Å². The summed E-state index contributed by atoms with van der Waals surface area (Å²) in [6, 6.07) is 2.65. The highest BCUT2D eigenvalue weighted by atomic mass is 16.5. The van der Waals surface area contributed by atoms with Gasteiger partial charge in [0.25, 0.3) is 0 Å². The molecule has 1 N–H and O–H groups in total. The maximum Gasteiger partial charge on any atom is 0.0635 e. The largest absolute Gasteiger partial charge is 0.378 e. The second kappa shape index (κ2) is 6.31. The zero-order valence-electron chi connectivity index (χ0n) is 11.6. The lowest BCUT2D eigenvalue weighted by atomic mass is 10.2. The third-order valence-electron chi connectivity index (χ3n) is 3.44. The van der Waals surface area contributed by atoms with Gasteiger partial charge in [0.1, 0.15) is 0 Å². The Kier molecular flexibility index (Phi) is 4.74. The normalized spacial score (nSPS) is 21.4. The Balaban J connectivity index is 2.05. The van der Waals surface area contributed by atoms with Crippen LogP contribution in [0, 0.1) is 6.92 Å². The van der Waals surface area contributed by atoms with Crippen LogP contribution in [0.5, 0.6) is 0 Å². The highest BCUT2D eigenvalue weighted by Crippen LogP contribution is 2.13. The van der Waals surface area contributed by atoms with E-state index in [4.69, 9.17) is 4.74 Å². The van der Waals surface area contributed by atoms with Crippen molar-refractivity contribution in [3.63, 3.8) is 0 Å². The van der Waals surface area contributed by atoms with Crippen LogP contribution in [0.3, 0.4) is 0 Å². The fraction of sp³-hybridized carbons (Fsp3) is 0.769. The molecular weight excluding hydrogens is 228 g/mol. The monoisotopic (exact) mass is 252 g/mol. The first-order valence-corrected chi connectivity index (χ1v) is 6.74. The maximum atomic E-state index is 5.56. The summed E-state index contributed by atoms with van der Waals surface area (Å²) < 4.78 is 7.66. The van der Waals surface area contributed by atoms with E-state index in [1.54, 1.807) is 0 Å². The van der Waals surface area contributed by atoms with E-state index in [0.717, 1.165) is 45.1 Å². The van der Waals surface area contributed by atoms with Gasteiger partial charge >= 0.3 is 0 Å². The summed E-state index contributed by atoms with van der Waals surface area (Å²) in [4.78, 5) is 2.49. The third-order valence-corrected chi connectivity index (χ3v) is 3.44. The van der Waals surface area contributed by atoms with Crippen molar-refractivity contribution in [2.24, 2.45) is 0 Å². The van der Waals surface area contributed by atoms with Crippen LogP contribution in [-0.4, -0.2) is 54.1 Å². The SMILES string of the molecule is CCn1nc(C)cc1CN1CCOCC1CNC. The summed E-state index contributed by atoms with van der Waals surface area (Å²) in [6.45, 7) is 9.72. The van der Waals surface area contributed by atoms with Crippen LogP contribution < -0.4 is 5.32 Å². The molecule has 102 valence electrons. The number of nitrogens with one attached hydrogen (secondary N) is 1. The predicted octanol–water partition coefficient (Wildman–Crippen LogP) is 0.632. The van der Waals surface area contributed by atoms with Gasteiger partial charge in [-0.3, -0.25) is 9.58 Å². The molecule has 1 aromatic rings. The minimum atomic E-state index is 0.462. The Morgan fingerprint density at radius 1 is 1.56 bits per heavy atom. The van der Waals surface area contributed by atoms with Gasteiger partial charge < -0.3 is 10.1 Å². The number of ether oxygens (including phenoxy) is 1. The molecule has 0 amide bonds. The standard InChI is InChI=1S/C13H24N4O/c1-4-17-12(7-11(2)15-17)9-16-5-6-18-10-13(16)8-14-3/h7,13-14H,4-6,8-10H2,1-3H3. The van der Waals surface area contributed by atoms with Crippen LogP contribution in [0.1, 0.15) is 18.3 Å². The highest BCUT2D eigenvalue weighted by Gasteiger charge is 2.23. The molecule has 2 rings (SSSR count). The van der Waals surface area contributed by atoms with Crippen LogP contribution in [0.25, 0.3) is 0 Å². The zero-order valence-corrected chi connectivity index (χ0v) is 11.6. The summed E-state index contributed by atoms with van der Waals surface area (Å²) in [7, 11) is 1.99. The molecule has 0 bridgehead atoms. The number of hydrogen-bond donors (Lipinski definition) is 1. The molecule has 0 spiro atoms. The molecule has 1 aliphatic rings. The van der Waals surface area contributed by atoms with Crippen LogP contribution >= 0.6 is 0 Å². The second-order valence-electron chi connectivity index (χ2n) is 4.85. The fourth-order valence-corrected chi connectivity index (χ4v) is 2.53. The lowest BCUT2D eigenvalue weighted by molar-refractivity contribution is -0.0114. The number of aromatic nitrogens is 2. The first-order chi connectivity index (χ1) is 8.74. The van der Waals surface area contributed by atoms with Crippen molar-refractivity contribution < 1.29 is 4.74 Å². The lowest BCUT2D eigenvalue weighted by Crippen LogP contribution is -2.49. The van der Waals surface area contributed by atoms with E-state index in [9.17, 15) is 0 Å². The molecule has 18 heavy (non-hydrogen) atoms. The van der Waals surface area contributed by atoms with Gasteiger partial charge in [-0.2, -0.15) is 5.10 Å². The topological polar surface area (TPSA) is 42.3 Å². The Bertz CT molecular complexity index is 375. The van der Waals surface area contributed by atoms with Crippen LogP contribution in [0.15, 0.2) is 6.07 Å². The van der Waals surface area contributed by atoms with Gasteiger partial charge in [0.2, 0.25) is 0 Å². The molecule has 1 fully saturated rings. The Hall–Kier alpha value is -0.910. The number of morpholine rings is 1. The lowest BCUT2D eigenvalue weighted by Gasteiger charge is -2.35. The Morgan fingerprint density at radius 2 is 2.39 bits per heavy atom. The predicted molar refractivity (Wildman–Crippen MR) is 71.6 cm³/mol. The van der Waals surface area contributed by atoms with E-state index in [1.807, 2.05) is 7.05 Å². The molecule has 0 saturated carbocycles. The van der Waals surface area contributed by atoms with E-state index in [0.29, 0.717) is 6.04 Å². The average Bonchev–Trinajstić information content (AvgIpc) is 2.72. The fourth-order valence-electron chi connectivity index (χ4n) is 2.53. The third kappa shape index (κ3) is 3.10. The van der Waals surface area contributed by atoms with Gasteiger partial charge in [-0.15, -0.1) is 0 Å². The number of rotatable bonds is 5. The summed E-state index contributed by atoms with van der Waals surface area (Å²) in [5.41, 5.74) is 2.41. The first-order valence-electron chi connectivity index (χ1n) is 6.74. The smallest absolute Gasteiger partial charge is 0.0635 e. The molecule has 1 aromatic heterocycles. The van der Waals surface area contributed by atoms with Gasteiger partial charge in [-0.1, -0.05) is 0 Å². The summed E-state index contributed by atoms with van der Waals surface area (Å²) in [6.07, 6.45) is 0. The van der Waals surface area contributed by atoms with Gasteiger partial charge in [-0.05, 0) is 27.0 Å². The Labute approximate surface area is 109 Å². The summed E-state index contributed by atoms with van der Waals surface area (Å²) >= 11 is 0. The average molecular weight is 252 g/mol. The van der Waals surface area contributed by atoms with Gasteiger partial charge in [0.05, 0.1) is 24.6 Å². The quantitative estimate of drug-likeness (QED) is 0.835. The van der Waals surface area contributed by atoms with Gasteiger partial charge in [0, 0.05) is 32.2 Å². The van der Waals surface area contributed by atoms with E-state index in [2.05, 4.69) is 39.9 Å². The van der Waals surface area contributed by atoms with E-state index in [-0.39, 0.29) is 0 Å². The van der Waals surface area contributed by atoms with Gasteiger partial charge in [0.15, 0.2) is 0 Å². The molecule has 0 aliphatic carbocycles. The molecule has 5 nitrogen and oxygen atoms in total. The molecule has 1 aliphatic heterocycles. The highest BCUT2D eigenvalue weighted by molar-refractivity contribution is 5.09. The summed E-state index contributed by atoms with van der Waals surface area (Å²) in [5, 5.41) is 7.75. The van der Waals surface area contributed by atoms with Gasteiger partial charge in [-0.25, -0.2) is 0 Å². The molecule has 0 radical (unpaired) electrons. The van der Waals surface area contributed by atoms with Crippen LogP contribution in [-0.2, 0) is 17.8 Å². The Morgan fingerprint density at radius 3 is 3.11 bits per heavy atom. The molecule has 0 aromatic carbocycles. The minimum absolute atomic E-state index is 0.462. The van der Waals surface area contributed by atoms with Crippen LogP contribution in [0.4, 0.5) is 0 Å². The maximum absolute atomic E-state index is 5.56. The number of likely N-dealkylation sites (N-methyl/N-ethyl adjacent to an activating group) is 1. The van der Waals surface area contributed by atoms with E-state index in [1.165, 1.54) is 5.69 Å². The number of hydrogen-bond acceptors (Lipinski definition) is 4. The van der Waals surface area contributed by atoms with E-state index >= 15 is 0 Å². The van der Waals surface area contributed by atoms with Crippen LogP contribution in [0.2, 0.25) is 0 Å². The minimum Gasteiger partial charge on any atom is -0.378 e. The zero-order chi connectivity index (χ0) is 13.0. The van der Waals surface area contributed by atoms with Crippen molar-refractivity contribution in [1.29, 1.82) is 0 Å². The van der Waals surface area contributed by atoms with Crippen molar-refractivity contribution in [1.82, 2.24) is 20.0 Å². The number of nitrogens with zero attached hydrogens (tertiary/aromatic N) is 3. The van der Waals surface area contributed by atoms with E-state index < -0.39 is 0 Å². The molecule has 1 atom stereocenters. The second-order valence-corrected chi connectivity index (χ2v) is 4.85. The molecule has 1 unspecified atom stereocenters. The molecule has 1 saturated heterocycles. The van der Waals surface area contributed by atoms with Crippen molar-refractivity contribution in [3.05, 3.63) is 17.5 Å². The van der Waals surface area contributed by atoms with Crippen molar-refractivity contribution in [2.75, 3.05) is 33.4 Å². The molecular formula is C13H24N4O. The van der Waals surface area contributed by atoms with Crippen molar-refractivity contribution in [2.45, 2.75) is 33.0 Å². The molecule has 5 heteroatoms. The molecule has 2 heterocycles.